The molecule has 0 aliphatic rings. The summed E-state index contributed by atoms with van der Waals surface area (Å²) in [6.07, 6.45) is 1.97. The van der Waals surface area contributed by atoms with Gasteiger partial charge in [0.2, 0.25) is 5.91 Å². The molecule has 1 unspecified atom stereocenters. The lowest BCUT2D eigenvalue weighted by Gasteiger charge is -2.28. The standard InChI is InChI=1S/C13H22N2O2/c1-13(2,3)11(14)8-12(16)15(4)9-10-6-5-7-17-10/h5-7,11H,8-9,14H2,1-4H3. The van der Waals surface area contributed by atoms with Gasteiger partial charge in [0.1, 0.15) is 5.76 Å². The Morgan fingerprint density at radius 1 is 1.53 bits per heavy atom. The molecule has 1 heterocycles. The monoisotopic (exact) mass is 238 g/mol. The third-order valence-electron chi connectivity index (χ3n) is 2.91. The Labute approximate surface area is 103 Å². The fraction of sp³-hybridized carbons (Fsp3) is 0.615. The summed E-state index contributed by atoms with van der Waals surface area (Å²) >= 11 is 0. The van der Waals surface area contributed by atoms with Crippen molar-refractivity contribution in [3.05, 3.63) is 24.2 Å². The zero-order chi connectivity index (χ0) is 13.1. The second-order valence-electron chi connectivity index (χ2n) is 5.51. The second-order valence-corrected chi connectivity index (χ2v) is 5.51. The van der Waals surface area contributed by atoms with Crippen LogP contribution >= 0.6 is 0 Å². The fourth-order valence-corrected chi connectivity index (χ4v) is 1.37. The third-order valence-corrected chi connectivity index (χ3v) is 2.91. The van der Waals surface area contributed by atoms with Crippen molar-refractivity contribution in [2.75, 3.05) is 7.05 Å². The molecule has 0 spiro atoms. The first-order chi connectivity index (χ1) is 7.80. The molecule has 4 heteroatoms. The molecule has 1 rings (SSSR count). The minimum absolute atomic E-state index is 0.0452. The highest BCUT2D eigenvalue weighted by Gasteiger charge is 2.24. The average molecular weight is 238 g/mol. The molecule has 0 saturated heterocycles. The molecule has 1 amide bonds. The van der Waals surface area contributed by atoms with Crippen molar-refractivity contribution in [3.8, 4) is 0 Å². The molecule has 0 aliphatic carbocycles. The van der Waals surface area contributed by atoms with Crippen molar-refractivity contribution in [2.45, 2.75) is 39.8 Å². The molecule has 0 aliphatic heterocycles. The van der Waals surface area contributed by atoms with Crippen LogP contribution in [0.4, 0.5) is 0 Å². The first-order valence-electron chi connectivity index (χ1n) is 5.82. The number of carbonyl (C=O) groups excluding carboxylic acids is 1. The van der Waals surface area contributed by atoms with E-state index < -0.39 is 0 Å². The molecule has 2 N–H and O–H groups in total. The summed E-state index contributed by atoms with van der Waals surface area (Å²) < 4.78 is 5.20. The van der Waals surface area contributed by atoms with E-state index >= 15 is 0 Å². The summed E-state index contributed by atoms with van der Waals surface area (Å²) in [5.74, 6) is 0.828. The Bertz CT molecular complexity index is 352. The molecule has 0 aromatic carbocycles. The molecular formula is C13H22N2O2. The van der Waals surface area contributed by atoms with E-state index in [0.717, 1.165) is 5.76 Å². The summed E-state index contributed by atoms with van der Waals surface area (Å²) in [6, 6.07) is 3.54. The number of rotatable bonds is 4. The van der Waals surface area contributed by atoms with Gasteiger partial charge in [-0.15, -0.1) is 0 Å². The van der Waals surface area contributed by atoms with Crippen LogP contribution in [-0.4, -0.2) is 23.9 Å². The summed E-state index contributed by atoms with van der Waals surface area (Å²) in [6.45, 7) is 6.61. The van der Waals surface area contributed by atoms with Crippen molar-refractivity contribution in [1.29, 1.82) is 0 Å². The third kappa shape index (κ3) is 4.23. The number of nitrogens with two attached hydrogens (primary N) is 1. The summed E-state index contributed by atoms with van der Waals surface area (Å²) in [7, 11) is 1.76. The Morgan fingerprint density at radius 3 is 2.65 bits per heavy atom. The molecule has 0 fully saturated rings. The number of furan rings is 1. The highest BCUT2D eigenvalue weighted by molar-refractivity contribution is 5.76. The zero-order valence-electron chi connectivity index (χ0n) is 11.1. The zero-order valence-corrected chi connectivity index (χ0v) is 11.1. The lowest BCUT2D eigenvalue weighted by Crippen LogP contribution is -2.40. The molecule has 0 radical (unpaired) electrons. The summed E-state index contributed by atoms with van der Waals surface area (Å²) in [4.78, 5) is 13.6. The van der Waals surface area contributed by atoms with Gasteiger partial charge < -0.3 is 15.1 Å². The van der Waals surface area contributed by atoms with Crippen LogP contribution in [0.15, 0.2) is 22.8 Å². The van der Waals surface area contributed by atoms with Crippen LogP contribution in [0.2, 0.25) is 0 Å². The normalized spacial score (nSPS) is 13.5. The fourth-order valence-electron chi connectivity index (χ4n) is 1.37. The van der Waals surface area contributed by atoms with Crippen molar-refractivity contribution in [2.24, 2.45) is 11.1 Å². The van der Waals surface area contributed by atoms with Crippen LogP contribution in [0.1, 0.15) is 33.0 Å². The van der Waals surface area contributed by atoms with Crippen molar-refractivity contribution >= 4 is 5.91 Å². The Kier molecular flexibility index (Phi) is 4.34. The predicted octanol–water partition coefficient (Wildman–Crippen LogP) is 2.00. The minimum atomic E-state index is -0.131. The van der Waals surface area contributed by atoms with E-state index in [9.17, 15) is 4.79 Å². The van der Waals surface area contributed by atoms with Gasteiger partial charge in [-0.1, -0.05) is 20.8 Å². The number of nitrogens with zero attached hydrogens (tertiary/aromatic N) is 1. The SMILES string of the molecule is CN(Cc1ccco1)C(=O)CC(N)C(C)(C)C. The molecule has 0 saturated carbocycles. The molecule has 17 heavy (non-hydrogen) atoms. The first kappa shape index (κ1) is 13.8. The molecule has 96 valence electrons. The Morgan fingerprint density at radius 2 is 2.18 bits per heavy atom. The van der Waals surface area contributed by atoms with Gasteiger partial charge in [0.25, 0.3) is 0 Å². The molecule has 4 nitrogen and oxygen atoms in total. The number of hydrogen-bond acceptors (Lipinski definition) is 3. The maximum atomic E-state index is 11.9. The predicted molar refractivity (Wildman–Crippen MR) is 67.2 cm³/mol. The lowest BCUT2D eigenvalue weighted by atomic mass is 9.85. The van der Waals surface area contributed by atoms with Crippen LogP contribution < -0.4 is 5.73 Å². The largest absolute Gasteiger partial charge is 0.467 e. The number of hydrogen-bond donors (Lipinski definition) is 1. The van der Waals surface area contributed by atoms with Gasteiger partial charge in [-0.2, -0.15) is 0 Å². The van der Waals surface area contributed by atoms with E-state index in [1.807, 2.05) is 32.9 Å². The van der Waals surface area contributed by atoms with E-state index in [0.29, 0.717) is 13.0 Å². The topological polar surface area (TPSA) is 59.5 Å². The second kappa shape index (κ2) is 5.36. The van der Waals surface area contributed by atoms with Crippen LogP contribution in [0.5, 0.6) is 0 Å². The number of amides is 1. The van der Waals surface area contributed by atoms with E-state index in [4.69, 9.17) is 10.2 Å². The van der Waals surface area contributed by atoms with Gasteiger partial charge in [0.15, 0.2) is 0 Å². The van der Waals surface area contributed by atoms with E-state index in [2.05, 4.69) is 0 Å². The van der Waals surface area contributed by atoms with Gasteiger partial charge >= 0.3 is 0 Å². The first-order valence-corrected chi connectivity index (χ1v) is 5.82. The smallest absolute Gasteiger partial charge is 0.224 e. The highest BCUT2D eigenvalue weighted by atomic mass is 16.3. The average Bonchev–Trinajstić information content (AvgIpc) is 2.68. The van der Waals surface area contributed by atoms with Crippen molar-refractivity contribution in [3.63, 3.8) is 0 Å². The van der Waals surface area contributed by atoms with Gasteiger partial charge in [0.05, 0.1) is 12.8 Å². The van der Waals surface area contributed by atoms with Crippen LogP contribution in [0.3, 0.4) is 0 Å². The highest BCUT2D eigenvalue weighted by Crippen LogP contribution is 2.20. The van der Waals surface area contributed by atoms with E-state index in [1.165, 1.54) is 0 Å². The van der Waals surface area contributed by atoms with E-state index in [1.54, 1.807) is 18.2 Å². The lowest BCUT2D eigenvalue weighted by molar-refractivity contribution is -0.131. The maximum absolute atomic E-state index is 11.9. The maximum Gasteiger partial charge on any atom is 0.224 e. The molecular weight excluding hydrogens is 216 g/mol. The van der Waals surface area contributed by atoms with Crippen molar-refractivity contribution < 1.29 is 9.21 Å². The minimum Gasteiger partial charge on any atom is -0.467 e. The van der Waals surface area contributed by atoms with E-state index in [-0.39, 0.29) is 17.4 Å². The molecule has 0 bridgehead atoms. The van der Waals surface area contributed by atoms with Crippen molar-refractivity contribution in [1.82, 2.24) is 4.90 Å². The van der Waals surface area contributed by atoms with Crippen LogP contribution in [0, 0.1) is 5.41 Å². The van der Waals surface area contributed by atoms with Gasteiger partial charge in [-0.05, 0) is 17.5 Å². The van der Waals surface area contributed by atoms with Gasteiger partial charge in [0, 0.05) is 19.5 Å². The number of carbonyl (C=O) groups is 1. The molecule has 1 aromatic rings. The van der Waals surface area contributed by atoms with Crippen LogP contribution in [-0.2, 0) is 11.3 Å². The molecule has 1 aromatic heterocycles. The quantitative estimate of drug-likeness (QED) is 0.872. The van der Waals surface area contributed by atoms with Crippen LogP contribution in [0.25, 0.3) is 0 Å². The summed E-state index contributed by atoms with van der Waals surface area (Å²) in [5, 5.41) is 0. The molecule has 1 atom stereocenters. The van der Waals surface area contributed by atoms with Gasteiger partial charge in [-0.25, -0.2) is 0 Å². The van der Waals surface area contributed by atoms with Gasteiger partial charge in [-0.3, -0.25) is 4.79 Å². The summed E-state index contributed by atoms with van der Waals surface area (Å²) in [5.41, 5.74) is 5.94. The Hall–Kier alpha value is -1.29. The Balaban J connectivity index is 2.48.